The van der Waals surface area contributed by atoms with Crippen molar-refractivity contribution in [3.63, 3.8) is 0 Å². The standard InChI is InChI=1S/C6H6N4S2/c1-7-6-10-9-5(12-6)4-2-8-3-11-4/h2-3H,1H3,(H,7,10). The molecule has 12 heavy (non-hydrogen) atoms. The van der Waals surface area contributed by atoms with Crippen LogP contribution >= 0.6 is 22.7 Å². The fourth-order valence-corrected chi connectivity index (χ4v) is 2.11. The van der Waals surface area contributed by atoms with Crippen molar-refractivity contribution in [2.75, 3.05) is 12.4 Å². The van der Waals surface area contributed by atoms with E-state index in [1.54, 1.807) is 23.0 Å². The molecule has 2 heterocycles. The second-order valence-electron chi connectivity index (χ2n) is 2.03. The molecule has 0 amide bonds. The van der Waals surface area contributed by atoms with Gasteiger partial charge in [-0.05, 0) is 0 Å². The van der Waals surface area contributed by atoms with Crippen molar-refractivity contribution in [3.8, 4) is 9.88 Å². The Balaban J connectivity index is 2.35. The molecule has 0 atom stereocenters. The number of aromatic nitrogens is 3. The number of nitrogens with one attached hydrogen (secondary N) is 1. The lowest BCUT2D eigenvalue weighted by molar-refractivity contribution is 1.09. The molecule has 0 aliphatic rings. The molecule has 2 aromatic heterocycles. The van der Waals surface area contributed by atoms with Crippen molar-refractivity contribution in [3.05, 3.63) is 11.7 Å². The molecular weight excluding hydrogens is 192 g/mol. The first-order valence-electron chi connectivity index (χ1n) is 3.30. The molecule has 2 aromatic rings. The quantitative estimate of drug-likeness (QED) is 0.798. The molecule has 0 aliphatic heterocycles. The Bertz CT molecular complexity index is 353. The van der Waals surface area contributed by atoms with Crippen molar-refractivity contribution in [1.82, 2.24) is 15.2 Å². The summed E-state index contributed by atoms with van der Waals surface area (Å²) in [5.41, 5.74) is 1.79. The second-order valence-corrected chi connectivity index (χ2v) is 3.89. The molecule has 2 rings (SSSR count). The summed E-state index contributed by atoms with van der Waals surface area (Å²) in [6.07, 6.45) is 1.80. The highest BCUT2D eigenvalue weighted by Crippen LogP contribution is 2.28. The summed E-state index contributed by atoms with van der Waals surface area (Å²) in [5, 5.41) is 12.6. The van der Waals surface area contributed by atoms with Crippen LogP contribution in [0.5, 0.6) is 0 Å². The molecule has 1 N–H and O–H groups in total. The third-order valence-corrected chi connectivity index (χ3v) is 3.17. The van der Waals surface area contributed by atoms with Gasteiger partial charge >= 0.3 is 0 Å². The van der Waals surface area contributed by atoms with Crippen LogP contribution in [-0.2, 0) is 0 Å². The minimum Gasteiger partial charge on any atom is -0.363 e. The lowest BCUT2D eigenvalue weighted by atomic mass is 10.6. The van der Waals surface area contributed by atoms with E-state index in [0.717, 1.165) is 15.0 Å². The Kier molecular flexibility index (Phi) is 2.01. The van der Waals surface area contributed by atoms with Crippen LogP contribution in [0.25, 0.3) is 9.88 Å². The monoisotopic (exact) mass is 198 g/mol. The van der Waals surface area contributed by atoms with Crippen LogP contribution < -0.4 is 5.32 Å². The van der Waals surface area contributed by atoms with Gasteiger partial charge in [-0.25, -0.2) is 0 Å². The molecule has 0 aliphatic carbocycles. The lowest BCUT2D eigenvalue weighted by Crippen LogP contribution is -1.84. The Morgan fingerprint density at radius 1 is 1.42 bits per heavy atom. The van der Waals surface area contributed by atoms with Crippen LogP contribution in [0.4, 0.5) is 5.13 Å². The van der Waals surface area contributed by atoms with Crippen molar-refractivity contribution < 1.29 is 0 Å². The van der Waals surface area contributed by atoms with Gasteiger partial charge in [0.15, 0.2) is 5.01 Å². The van der Waals surface area contributed by atoms with Crippen LogP contribution in [0.3, 0.4) is 0 Å². The first-order chi connectivity index (χ1) is 5.90. The first-order valence-corrected chi connectivity index (χ1v) is 5.00. The largest absolute Gasteiger partial charge is 0.363 e. The fourth-order valence-electron chi connectivity index (χ4n) is 0.745. The zero-order valence-electron chi connectivity index (χ0n) is 6.31. The molecule has 0 fully saturated rings. The molecule has 4 nitrogen and oxygen atoms in total. The van der Waals surface area contributed by atoms with Gasteiger partial charge < -0.3 is 5.32 Å². The summed E-state index contributed by atoms with van der Waals surface area (Å²) in [6, 6.07) is 0. The highest BCUT2D eigenvalue weighted by atomic mass is 32.1. The summed E-state index contributed by atoms with van der Waals surface area (Å²) < 4.78 is 0. The van der Waals surface area contributed by atoms with Gasteiger partial charge in [0.05, 0.1) is 10.4 Å². The van der Waals surface area contributed by atoms with Crippen molar-refractivity contribution in [1.29, 1.82) is 0 Å². The smallest absolute Gasteiger partial charge is 0.205 e. The van der Waals surface area contributed by atoms with Gasteiger partial charge in [0.2, 0.25) is 5.13 Å². The minimum atomic E-state index is 0.832. The summed E-state index contributed by atoms with van der Waals surface area (Å²) in [4.78, 5) is 5.03. The van der Waals surface area contributed by atoms with E-state index in [0.29, 0.717) is 0 Å². The van der Waals surface area contributed by atoms with Crippen LogP contribution in [0.1, 0.15) is 0 Å². The van der Waals surface area contributed by atoms with Crippen molar-refractivity contribution in [2.45, 2.75) is 0 Å². The summed E-state index contributed by atoms with van der Waals surface area (Å²) >= 11 is 3.10. The number of thiazole rings is 1. The van der Waals surface area contributed by atoms with Crippen LogP contribution in [0.15, 0.2) is 11.7 Å². The zero-order valence-corrected chi connectivity index (χ0v) is 7.95. The van der Waals surface area contributed by atoms with Gasteiger partial charge in [0.25, 0.3) is 0 Å². The Hall–Kier alpha value is -1.01. The second kappa shape index (κ2) is 3.16. The number of anilines is 1. The molecular formula is C6H6N4S2. The van der Waals surface area contributed by atoms with Crippen molar-refractivity contribution >= 4 is 27.8 Å². The van der Waals surface area contributed by atoms with Crippen LogP contribution in [0.2, 0.25) is 0 Å². The van der Waals surface area contributed by atoms with Crippen LogP contribution in [0, 0.1) is 0 Å². The van der Waals surface area contributed by atoms with E-state index >= 15 is 0 Å². The van der Waals surface area contributed by atoms with E-state index in [1.807, 2.05) is 7.05 Å². The minimum absolute atomic E-state index is 0.832. The lowest BCUT2D eigenvalue weighted by Gasteiger charge is -1.84. The van der Waals surface area contributed by atoms with E-state index in [9.17, 15) is 0 Å². The Morgan fingerprint density at radius 2 is 2.33 bits per heavy atom. The Morgan fingerprint density at radius 3 is 2.92 bits per heavy atom. The van der Waals surface area contributed by atoms with E-state index in [2.05, 4.69) is 20.5 Å². The average Bonchev–Trinajstić information content (AvgIpc) is 2.75. The first kappa shape index (κ1) is 7.63. The molecule has 0 saturated carbocycles. The number of nitrogens with zero attached hydrogens (tertiary/aromatic N) is 3. The number of rotatable bonds is 2. The maximum Gasteiger partial charge on any atom is 0.205 e. The van der Waals surface area contributed by atoms with Crippen LogP contribution in [-0.4, -0.2) is 22.2 Å². The fraction of sp³-hybridized carbons (Fsp3) is 0.167. The average molecular weight is 198 g/mol. The van der Waals surface area contributed by atoms with E-state index < -0.39 is 0 Å². The Labute approximate surface area is 77.3 Å². The third-order valence-electron chi connectivity index (χ3n) is 1.28. The molecule has 0 spiro atoms. The molecule has 0 saturated heterocycles. The van der Waals surface area contributed by atoms with E-state index in [1.165, 1.54) is 11.3 Å². The molecule has 6 heteroatoms. The van der Waals surface area contributed by atoms with Gasteiger partial charge in [-0.2, -0.15) is 0 Å². The predicted octanol–water partition coefficient (Wildman–Crippen LogP) is 1.70. The van der Waals surface area contributed by atoms with E-state index in [4.69, 9.17) is 0 Å². The van der Waals surface area contributed by atoms with E-state index in [-0.39, 0.29) is 0 Å². The van der Waals surface area contributed by atoms with Crippen molar-refractivity contribution in [2.24, 2.45) is 0 Å². The van der Waals surface area contributed by atoms with Gasteiger partial charge in [-0.15, -0.1) is 21.5 Å². The maximum atomic E-state index is 4.01. The third kappa shape index (κ3) is 1.30. The highest BCUT2D eigenvalue weighted by molar-refractivity contribution is 7.22. The SMILES string of the molecule is CNc1nnc(-c2cncs2)s1. The molecule has 0 unspecified atom stereocenters. The number of hydrogen-bond acceptors (Lipinski definition) is 6. The van der Waals surface area contributed by atoms with Gasteiger partial charge in [0.1, 0.15) is 0 Å². The highest BCUT2D eigenvalue weighted by Gasteiger charge is 2.05. The molecule has 0 bridgehead atoms. The normalized spacial score (nSPS) is 10.1. The summed E-state index contributed by atoms with van der Waals surface area (Å²) in [7, 11) is 1.83. The summed E-state index contributed by atoms with van der Waals surface area (Å²) in [6.45, 7) is 0. The summed E-state index contributed by atoms with van der Waals surface area (Å²) in [5.74, 6) is 0. The topological polar surface area (TPSA) is 50.7 Å². The van der Waals surface area contributed by atoms with Gasteiger partial charge in [-0.3, -0.25) is 4.98 Å². The maximum absolute atomic E-state index is 4.01. The molecule has 0 radical (unpaired) electrons. The predicted molar refractivity (Wildman–Crippen MR) is 50.6 cm³/mol. The zero-order chi connectivity index (χ0) is 8.39. The molecule has 0 aromatic carbocycles. The van der Waals surface area contributed by atoms with Gasteiger partial charge in [0, 0.05) is 13.2 Å². The number of hydrogen-bond donors (Lipinski definition) is 1. The van der Waals surface area contributed by atoms with Gasteiger partial charge in [-0.1, -0.05) is 11.3 Å². The molecule has 62 valence electrons.